The van der Waals surface area contributed by atoms with Crippen LogP contribution in [0.5, 0.6) is 5.75 Å². The van der Waals surface area contributed by atoms with Crippen LogP contribution < -0.4 is 4.74 Å². The standard InChI is InChI=1S/C15H11Cl2F3O2/c1-14(21,12-7-4-10(16)8-13(12)17)9-2-5-11(6-3-9)22-15(18,19)20/h2-8,21H,1H3. The number of halogens is 5. The largest absolute Gasteiger partial charge is 0.573 e. The molecule has 2 aromatic carbocycles. The van der Waals surface area contributed by atoms with Gasteiger partial charge in [0.05, 0.1) is 0 Å². The smallest absolute Gasteiger partial charge is 0.406 e. The zero-order valence-corrected chi connectivity index (χ0v) is 12.8. The van der Waals surface area contributed by atoms with Gasteiger partial charge < -0.3 is 9.84 Å². The molecular formula is C15H11Cl2F3O2. The van der Waals surface area contributed by atoms with E-state index in [0.717, 1.165) is 12.1 Å². The molecule has 0 spiro atoms. The number of benzene rings is 2. The van der Waals surface area contributed by atoms with E-state index in [1.165, 1.54) is 25.1 Å². The summed E-state index contributed by atoms with van der Waals surface area (Å²) in [6.07, 6.45) is -4.76. The first-order valence-electron chi connectivity index (χ1n) is 6.14. The van der Waals surface area contributed by atoms with Crippen LogP contribution in [0, 0.1) is 0 Å². The minimum Gasteiger partial charge on any atom is -0.406 e. The van der Waals surface area contributed by atoms with Gasteiger partial charge in [-0.2, -0.15) is 0 Å². The third-order valence-corrected chi connectivity index (χ3v) is 3.65. The molecule has 0 amide bonds. The van der Waals surface area contributed by atoms with E-state index >= 15 is 0 Å². The van der Waals surface area contributed by atoms with Crippen molar-refractivity contribution in [2.24, 2.45) is 0 Å². The summed E-state index contributed by atoms with van der Waals surface area (Å²) in [7, 11) is 0. The van der Waals surface area contributed by atoms with E-state index in [4.69, 9.17) is 23.2 Å². The molecule has 1 unspecified atom stereocenters. The molecule has 0 heterocycles. The van der Waals surface area contributed by atoms with Crippen LogP contribution in [0.2, 0.25) is 10.0 Å². The van der Waals surface area contributed by atoms with Gasteiger partial charge in [0.25, 0.3) is 0 Å². The summed E-state index contributed by atoms with van der Waals surface area (Å²) in [6, 6.07) is 9.54. The SMILES string of the molecule is CC(O)(c1ccc(OC(F)(F)F)cc1)c1ccc(Cl)cc1Cl. The highest BCUT2D eigenvalue weighted by molar-refractivity contribution is 6.35. The van der Waals surface area contributed by atoms with Crippen LogP contribution in [0.3, 0.4) is 0 Å². The Balaban J connectivity index is 2.33. The summed E-state index contributed by atoms with van der Waals surface area (Å²) in [5.74, 6) is -0.366. The van der Waals surface area contributed by atoms with E-state index in [0.29, 0.717) is 16.1 Å². The second-order valence-electron chi connectivity index (χ2n) is 4.77. The molecule has 1 N–H and O–H groups in total. The third-order valence-electron chi connectivity index (χ3n) is 3.11. The zero-order valence-electron chi connectivity index (χ0n) is 11.3. The number of rotatable bonds is 3. The average Bonchev–Trinajstić information content (AvgIpc) is 2.36. The minimum absolute atomic E-state index is 0.258. The van der Waals surface area contributed by atoms with Crippen molar-refractivity contribution in [2.45, 2.75) is 18.9 Å². The lowest BCUT2D eigenvalue weighted by atomic mass is 9.88. The Morgan fingerprint density at radius 1 is 1.00 bits per heavy atom. The lowest BCUT2D eigenvalue weighted by molar-refractivity contribution is -0.274. The van der Waals surface area contributed by atoms with Gasteiger partial charge in [0.2, 0.25) is 0 Å². The molecule has 2 rings (SSSR count). The molecule has 0 fully saturated rings. The number of hydrogen-bond donors (Lipinski definition) is 1. The highest BCUT2D eigenvalue weighted by atomic mass is 35.5. The van der Waals surface area contributed by atoms with Gasteiger partial charge in [0, 0.05) is 15.6 Å². The van der Waals surface area contributed by atoms with Crippen LogP contribution in [-0.2, 0) is 5.60 Å². The fourth-order valence-electron chi connectivity index (χ4n) is 2.02. The lowest BCUT2D eigenvalue weighted by Gasteiger charge is -2.26. The van der Waals surface area contributed by atoms with Crippen molar-refractivity contribution in [1.82, 2.24) is 0 Å². The quantitative estimate of drug-likeness (QED) is 0.829. The topological polar surface area (TPSA) is 29.5 Å². The molecule has 0 saturated carbocycles. The van der Waals surface area contributed by atoms with Gasteiger partial charge in [-0.3, -0.25) is 0 Å². The highest BCUT2D eigenvalue weighted by Crippen LogP contribution is 2.36. The maximum Gasteiger partial charge on any atom is 0.573 e. The van der Waals surface area contributed by atoms with Gasteiger partial charge in [-0.05, 0) is 36.8 Å². The van der Waals surface area contributed by atoms with Crippen LogP contribution in [0.15, 0.2) is 42.5 Å². The summed E-state index contributed by atoms with van der Waals surface area (Å²) in [5, 5.41) is 11.3. The van der Waals surface area contributed by atoms with Gasteiger partial charge in [-0.25, -0.2) is 0 Å². The van der Waals surface area contributed by atoms with E-state index in [-0.39, 0.29) is 10.8 Å². The first-order valence-corrected chi connectivity index (χ1v) is 6.89. The van der Waals surface area contributed by atoms with Gasteiger partial charge in [0.15, 0.2) is 0 Å². The first kappa shape index (κ1) is 16.9. The molecule has 2 nitrogen and oxygen atoms in total. The molecule has 22 heavy (non-hydrogen) atoms. The summed E-state index contributed by atoms with van der Waals surface area (Å²) in [5.41, 5.74) is -0.729. The van der Waals surface area contributed by atoms with Crippen LogP contribution in [0.25, 0.3) is 0 Å². The van der Waals surface area contributed by atoms with Gasteiger partial charge in [-0.1, -0.05) is 41.4 Å². The monoisotopic (exact) mass is 350 g/mol. The fourth-order valence-corrected chi connectivity index (χ4v) is 2.61. The summed E-state index contributed by atoms with van der Waals surface area (Å²) < 4.78 is 40.2. The van der Waals surface area contributed by atoms with Crippen LogP contribution in [0.1, 0.15) is 18.1 Å². The second kappa shape index (κ2) is 5.99. The van der Waals surface area contributed by atoms with Crippen molar-refractivity contribution in [3.63, 3.8) is 0 Å². The van der Waals surface area contributed by atoms with E-state index in [1.54, 1.807) is 12.1 Å². The number of ether oxygens (including phenoxy) is 1. The molecule has 1 atom stereocenters. The summed E-state index contributed by atoms with van der Waals surface area (Å²) in [4.78, 5) is 0. The Morgan fingerprint density at radius 3 is 2.09 bits per heavy atom. The lowest BCUT2D eigenvalue weighted by Crippen LogP contribution is -2.23. The Hall–Kier alpha value is -1.43. The van der Waals surface area contributed by atoms with Crippen LogP contribution >= 0.6 is 23.2 Å². The van der Waals surface area contributed by atoms with Crippen molar-refractivity contribution in [2.75, 3.05) is 0 Å². The van der Waals surface area contributed by atoms with E-state index < -0.39 is 12.0 Å². The fraction of sp³-hybridized carbons (Fsp3) is 0.200. The predicted molar refractivity (Wildman–Crippen MR) is 78.3 cm³/mol. The molecule has 2 aromatic rings. The minimum atomic E-state index is -4.76. The predicted octanol–water partition coefficient (Wildman–Crippen LogP) is 5.15. The van der Waals surface area contributed by atoms with Crippen molar-refractivity contribution in [3.8, 4) is 5.75 Å². The molecule has 0 radical (unpaired) electrons. The molecule has 0 bridgehead atoms. The average molecular weight is 351 g/mol. The van der Waals surface area contributed by atoms with Crippen LogP contribution in [0.4, 0.5) is 13.2 Å². The maximum atomic E-state index is 12.1. The first-order chi connectivity index (χ1) is 10.1. The van der Waals surface area contributed by atoms with Gasteiger partial charge in [0.1, 0.15) is 11.4 Å². The summed E-state index contributed by atoms with van der Waals surface area (Å²) >= 11 is 11.9. The Morgan fingerprint density at radius 2 is 1.59 bits per heavy atom. The van der Waals surface area contributed by atoms with Crippen LogP contribution in [-0.4, -0.2) is 11.5 Å². The molecular weight excluding hydrogens is 340 g/mol. The molecule has 118 valence electrons. The number of alkyl halides is 3. The van der Waals surface area contributed by atoms with Crippen molar-refractivity contribution in [3.05, 3.63) is 63.6 Å². The van der Waals surface area contributed by atoms with E-state index in [2.05, 4.69) is 4.74 Å². The van der Waals surface area contributed by atoms with Crippen molar-refractivity contribution < 1.29 is 23.0 Å². The molecule has 7 heteroatoms. The zero-order chi connectivity index (χ0) is 16.5. The summed E-state index contributed by atoms with van der Waals surface area (Å²) in [6.45, 7) is 1.49. The number of aliphatic hydroxyl groups is 1. The molecule has 0 aliphatic rings. The molecule has 0 saturated heterocycles. The Kier molecular flexibility index (Phi) is 4.61. The molecule has 0 aliphatic heterocycles. The molecule has 0 aliphatic carbocycles. The van der Waals surface area contributed by atoms with Gasteiger partial charge in [-0.15, -0.1) is 13.2 Å². The highest BCUT2D eigenvalue weighted by Gasteiger charge is 2.32. The van der Waals surface area contributed by atoms with Crippen molar-refractivity contribution >= 4 is 23.2 Å². The van der Waals surface area contributed by atoms with Gasteiger partial charge >= 0.3 is 6.36 Å². The van der Waals surface area contributed by atoms with Crippen molar-refractivity contribution in [1.29, 1.82) is 0 Å². The second-order valence-corrected chi connectivity index (χ2v) is 5.61. The normalized spacial score (nSPS) is 14.5. The molecule has 0 aromatic heterocycles. The maximum absolute atomic E-state index is 12.1. The third kappa shape index (κ3) is 3.85. The van der Waals surface area contributed by atoms with E-state index in [9.17, 15) is 18.3 Å². The number of hydrogen-bond acceptors (Lipinski definition) is 2. The Labute approximate surface area is 135 Å². The Bertz CT molecular complexity index is 667. The van der Waals surface area contributed by atoms with E-state index in [1.807, 2.05) is 0 Å².